The molecule has 1 aliphatic rings. The van der Waals surface area contributed by atoms with E-state index in [1.807, 2.05) is 6.07 Å². The minimum absolute atomic E-state index is 0.0454. The molecule has 1 amide bonds. The van der Waals surface area contributed by atoms with E-state index in [-0.39, 0.29) is 16.4 Å². The van der Waals surface area contributed by atoms with Gasteiger partial charge in [0.05, 0.1) is 30.4 Å². The summed E-state index contributed by atoms with van der Waals surface area (Å²) in [6, 6.07) is 14.9. The maximum Gasteiger partial charge on any atom is 0.270 e. The SMILES string of the molecule is COc1ccc(-c2nc3cc(NC(=S)NC(=O)c4cc([N+](=O)[O-])ccc4N4CCCCC4)ccc3o2)cc1OC. The predicted octanol–water partition coefficient (Wildman–Crippen LogP) is 5.54. The number of nitro benzene ring substituents is 1. The van der Waals surface area contributed by atoms with Crippen LogP contribution in [0.3, 0.4) is 0 Å². The second-order valence-electron chi connectivity index (χ2n) is 9.19. The summed E-state index contributed by atoms with van der Waals surface area (Å²) in [6.07, 6.45) is 3.11. The number of hydrogen-bond acceptors (Lipinski definition) is 9. The number of oxazole rings is 1. The van der Waals surface area contributed by atoms with Gasteiger partial charge in [-0.1, -0.05) is 0 Å². The number of carbonyl (C=O) groups is 1. The quantitative estimate of drug-likeness (QED) is 0.168. The third-order valence-corrected chi connectivity index (χ3v) is 6.84. The summed E-state index contributed by atoms with van der Waals surface area (Å²) in [5.74, 6) is 1.02. The van der Waals surface area contributed by atoms with Crippen LogP contribution in [-0.4, -0.2) is 48.2 Å². The van der Waals surface area contributed by atoms with Gasteiger partial charge in [-0.3, -0.25) is 20.2 Å². The number of hydrogen-bond donors (Lipinski definition) is 2. The fourth-order valence-corrected chi connectivity index (χ4v) is 4.87. The summed E-state index contributed by atoms with van der Waals surface area (Å²) < 4.78 is 16.6. The van der Waals surface area contributed by atoms with Crippen molar-refractivity contribution in [2.75, 3.05) is 37.5 Å². The monoisotopic (exact) mass is 561 g/mol. The third kappa shape index (κ3) is 5.66. The Hall–Kier alpha value is -4.71. The van der Waals surface area contributed by atoms with E-state index in [0.717, 1.165) is 32.4 Å². The minimum atomic E-state index is -0.528. The molecule has 40 heavy (non-hydrogen) atoms. The fourth-order valence-electron chi connectivity index (χ4n) is 4.66. The Morgan fingerprint density at radius 1 is 1.02 bits per heavy atom. The van der Waals surface area contributed by atoms with E-state index in [1.54, 1.807) is 50.6 Å². The molecular formula is C28H27N5O6S. The molecular weight excluding hydrogens is 534 g/mol. The Bertz CT molecular complexity index is 1600. The Morgan fingerprint density at radius 2 is 1.80 bits per heavy atom. The lowest BCUT2D eigenvalue weighted by atomic mass is 10.1. The summed E-state index contributed by atoms with van der Waals surface area (Å²) >= 11 is 5.39. The van der Waals surface area contributed by atoms with Gasteiger partial charge in [-0.05, 0) is 73.9 Å². The van der Waals surface area contributed by atoms with Gasteiger partial charge in [0.2, 0.25) is 5.89 Å². The topological polar surface area (TPSA) is 132 Å². The average Bonchev–Trinajstić information content (AvgIpc) is 3.40. The van der Waals surface area contributed by atoms with Crippen molar-refractivity contribution in [3.8, 4) is 23.0 Å². The molecule has 0 spiro atoms. The van der Waals surface area contributed by atoms with Crippen LogP contribution < -0.4 is 25.0 Å². The Balaban J connectivity index is 1.33. The van der Waals surface area contributed by atoms with E-state index < -0.39 is 10.8 Å². The molecule has 2 heterocycles. The number of thiocarbonyl (C=S) groups is 1. The van der Waals surface area contributed by atoms with Crippen molar-refractivity contribution in [2.45, 2.75) is 19.3 Å². The number of aromatic nitrogens is 1. The van der Waals surface area contributed by atoms with E-state index >= 15 is 0 Å². The number of piperidine rings is 1. The smallest absolute Gasteiger partial charge is 0.270 e. The number of non-ortho nitro benzene ring substituents is 1. The van der Waals surface area contributed by atoms with Crippen LogP contribution in [0, 0.1) is 10.1 Å². The molecule has 0 atom stereocenters. The number of rotatable bonds is 7. The Morgan fingerprint density at radius 3 is 2.52 bits per heavy atom. The summed E-state index contributed by atoms with van der Waals surface area (Å²) in [5, 5.41) is 17.1. The lowest BCUT2D eigenvalue weighted by Crippen LogP contribution is -2.36. The second kappa shape index (κ2) is 11.6. The molecule has 5 rings (SSSR count). The van der Waals surface area contributed by atoms with Gasteiger partial charge < -0.3 is 24.1 Å². The molecule has 12 heteroatoms. The van der Waals surface area contributed by atoms with Gasteiger partial charge >= 0.3 is 0 Å². The van der Waals surface area contributed by atoms with Crippen LogP contribution in [0.25, 0.3) is 22.6 Å². The molecule has 0 radical (unpaired) electrons. The van der Waals surface area contributed by atoms with Gasteiger partial charge in [-0.15, -0.1) is 0 Å². The zero-order valence-corrected chi connectivity index (χ0v) is 22.7. The number of amides is 1. The van der Waals surface area contributed by atoms with Crippen LogP contribution in [0.5, 0.6) is 11.5 Å². The van der Waals surface area contributed by atoms with Crippen LogP contribution in [0.15, 0.2) is 59.0 Å². The van der Waals surface area contributed by atoms with Crippen LogP contribution >= 0.6 is 12.2 Å². The van der Waals surface area contributed by atoms with Crippen LogP contribution in [0.2, 0.25) is 0 Å². The average molecular weight is 562 g/mol. The van der Waals surface area contributed by atoms with E-state index in [2.05, 4.69) is 20.5 Å². The second-order valence-corrected chi connectivity index (χ2v) is 9.59. The van der Waals surface area contributed by atoms with E-state index in [4.69, 9.17) is 26.1 Å². The highest BCUT2D eigenvalue weighted by Crippen LogP contribution is 2.34. The molecule has 1 fully saturated rings. The highest BCUT2D eigenvalue weighted by molar-refractivity contribution is 7.80. The van der Waals surface area contributed by atoms with Gasteiger partial charge in [-0.2, -0.15) is 0 Å². The number of carbonyl (C=O) groups excluding carboxylic acids is 1. The summed E-state index contributed by atoms with van der Waals surface area (Å²) in [5.41, 5.74) is 3.13. The van der Waals surface area contributed by atoms with E-state index in [1.165, 1.54) is 12.1 Å². The highest BCUT2D eigenvalue weighted by Gasteiger charge is 2.22. The Kier molecular flexibility index (Phi) is 7.78. The third-order valence-electron chi connectivity index (χ3n) is 6.64. The van der Waals surface area contributed by atoms with Gasteiger partial charge in [0.25, 0.3) is 11.6 Å². The number of fused-ring (bicyclic) bond motifs is 1. The normalized spacial score (nSPS) is 13.1. The number of nitrogens with one attached hydrogen (secondary N) is 2. The van der Waals surface area contributed by atoms with E-state index in [0.29, 0.717) is 45.4 Å². The first-order chi connectivity index (χ1) is 19.4. The minimum Gasteiger partial charge on any atom is -0.493 e. The molecule has 2 N–H and O–H groups in total. The number of anilines is 2. The summed E-state index contributed by atoms with van der Waals surface area (Å²) in [6.45, 7) is 1.56. The molecule has 1 aromatic heterocycles. The molecule has 206 valence electrons. The maximum absolute atomic E-state index is 13.2. The fraction of sp³-hybridized carbons (Fsp3) is 0.250. The van der Waals surface area contributed by atoms with Crippen molar-refractivity contribution in [1.29, 1.82) is 0 Å². The Labute approximate surface area is 235 Å². The first-order valence-electron chi connectivity index (χ1n) is 12.6. The van der Waals surface area contributed by atoms with Crippen molar-refractivity contribution < 1.29 is 23.6 Å². The van der Waals surface area contributed by atoms with Crippen LogP contribution in [0.4, 0.5) is 17.1 Å². The van der Waals surface area contributed by atoms with Gasteiger partial charge in [-0.25, -0.2) is 4.98 Å². The molecule has 1 saturated heterocycles. The van der Waals surface area contributed by atoms with Gasteiger partial charge in [0.1, 0.15) is 5.52 Å². The van der Waals surface area contributed by atoms with Crippen molar-refractivity contribution in [1.82, 2.24) is 10.3 Å². The molecule has 0 aliphatic carbocycles. The number of nitro groups is 1. The first-order valence-corrected chi connectivity index (χ1v) is 13.1. The maximum atomic E-state index is 13.2. The predicted molar refractivity (Wildman–Crippen MR) is 155 cm³/mol. The number of ether oxygens (including phenoxy) is 2. The summed E-state index contributed by atoms with van der Waals surface area (Å²) in [4.78, 5) is 30.7. The lowest BCUT2D eigenvalue weighted by molar-refractivity contribution is -0.384. The van der Waals surface area contributed by atoms with Crippen molar-refractivity contribution in [2.24, 2.45) is 0 Å². The molecule has 1 aliphatic heterocycles. The molecule has 0 saturated carbocycles. The van der Waals surface area contributed by atoms with Gasteiger partial charge in [0, 0.05) is 36.5 Å². The molecule has 11 nitrogen and oxygen atoms in total. The zero-order valence-electron chi connectivity index (χ0n) is 21.9. The zero-order chi connectivity index (χ0) is 28.2. The van der Waals surface area contributed by atoms with Crippen molar-refractivity contribution >= 4 is 51.4 Å². The van der Waals surface area contributed by atoms with Crippen molar-refractivity contribution in [3.63, 3.8) is 0 Å². The molecule has 4 aromatic rings. The lowest BCUT2D eigenvalue weighted by Gasteiger charge is -2.30. The number of benzene rings is 3. The molecule has 0 bridgehead atoms. The summed E-state index contributed by atoms with van der Waals surface area (Å²) in [7, 11) is 3.12. The highest BCUT2D eigenvalue weighted by atomic mass is 32.1. The largest absolute Gasteiger partial charge is 0.493 e. The number of methoxy groups -OCH3 is 2. The molecule has 0 unspecified atom stereocenters. The standard InChI is InChI=1S/C28H27N5O6S/c1-37-24-10-6-17(14-25(24)38-2)27-30-21-15-18(7-11-23(21)39-27)29-28(40)31-26(34)20-16-19(33(35)36)8-9-22(20)32-12-4-3-5-13-32/h6-11,14-16H,3-5,12-13H2,1-2H3,(H2,29,31,34,40). The first kappa shape index (κ1) is 26.9. The van der Waals surface area contributed by atoms with Gasteiger partial charge in [0.15, 0.2) is 22.2 Å². The van der Waals surface area contributed by atoms with Crippen LogP contribution in [-0.2, 0) is 0 Å². The van der Waals surface area contributed by atoms with Crippen LogP contribution in [0.1, 0.15) is 29.6 Å². The molecule has 3 aromatic carbocycles. The van der Waals surface area contributed by atoms with Crippen molar-refractivity contribution in [3.05, 3.63) is 70.3 Å². The number of nitrogens with zero attached hydrogens (tertiary/aromatic N) is 3. The van der Waals surface area contributed by atoms with E-state index in [9.17, 15) is 14.9 Å².